The molecule has 0 aromatic carbocycles. The van der Waals surface area contributed by atoms with E-state index in [9.17, 15) is 9.90 Å². The Bertz CT molecular complexity index is 301. The molecule has 110 valence electrons. The van der Waals surface area contributed by atoms with Gasteiger partial charge in [0.25, 0.3) is 0 Å². The van der Waals surface area contributed by atoms with Gasteiger partial charge in [-0.25, -0.2) is 0 Å². The van der Waals surface area contributed by atoms with Gasteiger partial charge in [0.05, 0.1) is 12.6 Å². The smallest absolute Gasteiger partial charge is 0.236 e. The number of aliphatic hydroxyl groups is 1. The second-order valence-corrected chi connectivity index (χ2v) is 6.45. The maximum absolute atomic E-state index is 12.3. The van der Waals surface area contributed by atoms with Crippen LogP contribution in [0.15, 0.2) is 0 Å². The fraction of sp³-hybridized carbons (Fsp3) is 0.933. The molecule has 0 aromatic heterocycles. The third-order valence-electron chi connectivity index (χ3n) is 4.77. The van der Waals surface area contributed by atoms with E-state index in [2.05, 4.69) is 11.8 Å². The minimum atomic E-state index is -0.248. The van der Waals surface area contributed by atoms with Gasteiger partial charge in [0.2, 0.25) is 5.91 Å². The molecule has 19 heavy (non-hydrogen) atoms. The zero-order valence-corrected chi connectivity index (χ0v) is 12.3. The van der Waals surface area contributed by atoms with Crippen LogP contribution >= 0.6 is 0 Å². The molecule has 0 aromatic rings. The maximum atomic E-state index is 12.3. The van der Waals surface area contributed by atoms with Crippen LogP contribution in [0.4, 0.5) is 0 Å². The molecule has 1 unspecified atom stereocenters. The minimum absolute atomic E-state index is 0.216. The number of hydrogen-bond acceptors (Lipinski definition) is 3. The predicted molar refractivity (Wildman–Crippen MR) is 75.9 cm³/mol. The molecule has 1 saturated heterocycles. The summed E-state index contributed by atoms with van der Waals surface area (Å²) in [6.45, 7) is 4.37. The molecule has 2 aliphatic rings. The van der Waals surface area contributed by atoms with Gasteiger partial charge in [-0.1, -0.05) is 6.92 Å². The molecular weight excluding hydrogens is 240 g/mol. The normalized spacial score (nSPS) is 33.1. The lowest BCUT2D eigenvalue weighted by Crippen LogP contribution is -2.47. The highest BCUT2D eigenvalue weighted by molar-refractivity contribution is 5.78. The summed E-state index contributed by atoms with van der Waals surface area (Å²) in [4.78, 5) is 16.3. The van der Waals surface area contributed by atoms with Gasteiger partial charge < -0.3 is 10.0 Å². The van der Waals surface area contributed by atoms with Crippen LogP contribution in [0.3, 0.4) is 0 Å². The van der Waals surface area contributed by atoms with E-state index in [-0.39, 0.29) is 12.0 Å². The number of nitrogens with zero attached hydrogens (tertiary/aromatic N) is 2. The monoisotopic (exact) mass is 268 g/mol. The van der Waals surface area contributed by atoms with E-state index >= 15 is 0 Å². The zero-order valence-electron chi connectivity index (χ0n) is 12.3. The first kappa shape index (κ1) is 14.8. The lowest BCUT2D eigenvalue weighted by atomic mass is 9.87. The lowest BCUT2D eigenvalue weighted by molar-refractivity contribution is -0.134. The van der Waals surface area contributed by atoms with E-state index in [1.807, 2.05) is 11.9 Å². The molecule has 1 saturated carbocycles. The molecule has 4 heteroatoms. The number of amides is 1. The standard InChI is InChI=1S/C15H28N2O2/c1-12-5-7-13(8-6-12)16(2)15(19)11-17-9-3-4-14(18)10-17/h12-14,18H,3-11H2,1-2H3. The molecule has 1 aliphatic carbocycles. The second-order valence-electron chi connectivity index (χ2n) is 6.45. The Morgan fingerprint density at radius 1 is 1.26 bits per heavy atom. The van der Waals surface area contributed by atoms with Gasteiger partial charge in [0, 0.05) is 19.6 Å². The number of aliphatic hydroxyl groups excluding tert-OH is 1. The predicted octanol–water partition coefficient (Wildman–Crippen LogP) is 1.48. The second kappa shape index (κ2) is 6.71. The molecule has 1 heterocycles. The Labute approximate surface area is 116 Å². The van der Waals surface area contributed by atoms with E-state index in [1.54, 1.807) is 0 Å². The van der Waals surface area contributed by atoms with Crippen LogP contribution in [0.5, 0.6) is 0 Å². The van der Waals surface area contributed by atoms with Gasteiger partial charge >= 0.3 is 0 Å². The highest BCUT2D eigenvalue weighted by Gasteiger charge is 2.27. The van der Waals surface area contributed by atoms with Crippen molar-refractivity contribution < 1.29 is 9.90 Å². The highest BCUT2D eigenvalue weighted by atomic mass is 16.3. The third kappa shape index (κ3) is 4.18. The van der Waals surface area contributed by atoms with Crippen LogP contribution in [-0.2, 0) is 4.79 Å². The van der Waals surface area contributed by atoms with Gasteiger partial charge in [-0.15, -0.1) is 0 Å². The van der Waals surface area contributed by atoms with Crippen molar-refractivity contribution in [3.8, 4) is 0 Å². The first-order valence-corrected chi connectivity index (χ1v) is 7.72. The molecule has 2 rings (SSSR count). The van der Waals surface area contributed by atoms with Crippen LogP contribution in [-0.4, -0.2) is 59.6 Å². The Kier molecular flexibility index (Phi) is 5.22. The van der Waals surface area contributed by atoms with Crippen molar-refractivity contribution in [2.24, 2.45) is 5.92 Å². The summed E-state index contributed by atoms with van der Waals surface area (Å²) in [7, 11) is 1.95. The molecule has 0 spiro atoms. The molecular formula is C15H28N2O2. The summed E-state index contributed by atoms with van der Waals surface area (Å²) < 4.78 is 0. The van der Waals surface area contributed by atoms with Crippen LogP contribution in [0.25, 0.3) is 0 Å². The Morgan fingerprint density at radius 2 is 1.95 bits per heavy atom. The Balaban J connectivity index is 1.78. The van der Waals surface area contributed by atoms with Gasteiger partial charge in [0.1, 0.15) is 0 Å². The molecule has 1 amide bonds. The van der Waals surface area contributed by atoms with Crippen LogP contribution < -0.4 is 0 Å². The number of likely N-dealkylation sites (N-methyl/N-ethyl adjacent to an activating group) is 1. The number of piperidine rings is 1. The van der Waals surface area contributed by atoms with Crippen molar-refractivity contribution in [3.05, 3.63) is 0 Å². The number of carbonyl (C=O) groups excluding carboxylic acids is 1. The molecule has 0 bridgehead atoms. The van der Waals surface area contributed by atoms with E-state index < -0.39 is 0 Å². The molecule has 1 aliphatic heterocycles. The molecule has 0 radical (unpaired) electrons. The van der Waals surface area contributed by atoms with Gasteiger partial charge in [-0.3, -0.25) is 9.69 Å². The summed E-state index contributed by atoms with van der Waals surface area (Å²) in [6, 6.07) is 0.429. The van der Waals surface area contributed by atoms with Gasteiger partial charge in [-0.05, 0) is 51.0 Å². The summed E-state index contributed by atoms with van der Waals surface area (Å²) in [5.41, 5.74) is 0. The number of carbonyl (C=O) groups is 1. The SMILES string of the molecule is CC1CCC(N(C)C(=O)CN2CCCC(O)C2)CC1. The average molecular weight is 268 g/mol. The fourth-order valence-electron chi connectivity index (χ4n) is 3.31. The Hall–Kier alpha value is -0.610. The first-order chi connectivity index (χ1) is 9.06. The molecule has 1 N–H and O–H groups in total. The molecule has 1 atom stereocenters. The topological polar surface area (TPSA) is 43.8 Å². The Morgan fingerprint density at radius 3 is 2.58 bits per heavy atom. The fourth-order valence-corrected chi connectivity index (χ4v) is 3.31. The largest absolute Gasteiger partial charge is 0.392 e. The first-order valence-electron chi connectivity index (χ1n) is 7.72. The quantitative estimate of drug-likeness (QED) is 0.843. The molecule has 2 fully saturated rings. The highest BCUT2D eigenvalue weighted by Crippen LogP contribution is 2.26. The summed E-state index contributed by atoms with van der Waals surface area (Å²) in [5.74, 6) is 1.03. The van der Waals surface area contributed by atoms with Crippen LogP contribution in [0, 0.1) is 5.92 Å². The van der Waals surface area contributed by atoms with Crippen LogP contribution in [0.1, 0.15) is 45.4 Å². The number of likely N-dealkylation sites (tertiary alicyclic amines) is 1. The number of hydrogen-bond donors (Lipinski definition) is 1. The van der Waals surface area contributed by atoms with Crippen molar-refractivity contribution in [1.29, 1.82) is 0 Å². The minimum Gasteiger partial charge on any atom is -0.392 e. The van der Waals surface area contributed by atoms with E-state index in [0.29, 0.717) is 19.1 Å². The molecule has 4 nitrogen and oxygen atoms in total. The summed E-state index contributed by atoms with van der Waals surface area (Å²) in [5, 5.41) is 9.64. The van der Waals surface area contributed by atoms with Gasteiger partial charge in [-0.2, -0.15) is 0 Å². The van der Waals surface area contributed by atoms with E-state index in [4.69, 9.17) is 0 Å². The van der Waals surface area contributed by atoms with Gasteiger partial charge in [0.15, 0.2) is 0 Å². The van der Waals surface area contributed by atoms with Crippen molar-refractivity contribution in [2.75, 3.05) is 26.7 Å². The summed E-state index contributed by atoms with van der Waals surface area (Å²) >= 11 is 0. The van der Waals surface area contributed by atoms with Crippen molar-refractivity contribution in [2.45, 2.75) is 57.6 Å². The van der Waals surface area contributed by atoms with Crippen molar-refractivity contribution in [1.82, 2.24) is 9.80 Å². The lowest BCUT2D eigenvalue weighted by Gasteiger charge is -2.36. The number of β-amino-alcohol motifs (C(OH)–C–C–N with tert-alkyl or cyclic N) is 1. The van der Waals surface area contributed by atoms with Crippen molar-refractivity contribution in [3.63, 3.8) is 0 Å². The zero-order chi connectivity index (χ0) is 13.8. The third-order valence-corrected chi connectivity index (χ3v) is 4.77. The van der Waals surface area contributed by atoms with E-state index in [1.165, 1.54) is 12.8 Å². The van der Waals surface area contributed by atoms with Crippen molar-refractivity contribution >= 4 is 5.91 Å². The van der Waals surface area contributed by atoms with E-state index in [0.717, 1.165) is 38.1 Å². The van der Waals surface area contributed by atoms with Crippen LogP contribution in [0.2, 0.25) is 0 Å². The maximum Gasteiger partial charge on any atom is 0.236 e. The summed E-state index contributed by atoms with van der Waals surface area (Å²) in [6.07, 6.45) is 6.40. The number of rotatable bonds is 3. The average Bonchev–Trinajstić information content (AvgIpc) is 2.39.